The first-order valence-corrected chi connectivity index (χ1v) is 10.9. The predicted molar refractivity (Wildman–Crippen MR) is 123 cm³/mol. The van der Waals surface area contributed by atoms with E-state index < -0.39 is 36.1 Å². The molecular formula is C24H16Cl2F6N2O. The number of hydrogen-bond acceptors (Lipinski definition) is 3. The molecule has 1 N–H and O–H groups in total. The molecule has 0 saturated carbocycles. The maximum Gasteiger partial charge on any atom is 0.431 e. The van der Waals surface area contributed by atoms with Gasteiger partial charge in [0.1, 0.15) is 0 Å². The molecule has 0 aromatic heterocycles. The average Bonchev–Trinajstić information content (AvgIpc) is 3.23. The summed E-state index contributed by atoms with van der Waals surface area (Å²) in [5.74, 6) is 0. The number of nitrogens with zero attached hydrogens (tertiary/aromatic N) is 2. The van der Waals surface area contributed by atoms with Crippen molar-refractivity contribution in [3.63, 3.8) is 0 Å². The van der Waals surface area contributed by atoms with Gasteiger partial charge in [-0.3, -0.25) is 5.01 Å². The van der Waals surface area contributed by atoms with Crippen LogP contribution in [-0.4, -0.2) is 28.8 Å². The van der Waals surface area contributed by atoms with Crippen LogP contribution in [0.4, 0.5) is 32.0 Å². The third kappa shape index (κ3) is 4.48. The van der Waals surface area contributed by atoms with Crippen molar-refractivity contribution in [2.24, 2.45) is 5.10 Å². The molecule has 3 nitrogen and oxygen atoms in total. The third-order valence-electron chi connectivity index (χ3n) is 5.73. The van der Waals surface area contributed by atoms with E-state index in [1.165, 1.54) is 18.2 Å². The molecule has 0 aliphatic carbocycles. The zero-order chi connectivity index (χ0) is 25.6. The summed E-state index contributed by atoms with van der Waals surface area (Å²) in [7, 11) is 0. The lowest BCUT2D eigenvalue weighted by atomic mass is 9.89. The van der Waals surface area contributed by atoms with Gasteiger partial charge in [0.2, 0.25) is 0 Å². The summed E-state index contributed by atoms with van der Waals surface area (Å²) in [5.41, 5.74) is -4.73. The van der Waals surface area contributed by atoms with Gasteiger partial charge in [0.05, 0.1) is 22.5 Å². The number of alkyl halides is 6. The van der Waals surface area contributed by atoms with Crippen molar-refractivity contribution >= 4 is 34.6 Å². The van der Waals surface area contributed by atoms with Crippen LogP contribution in [0.2, 0.25) is 10.0 Å². The molecule has 0 bridgehead atoms. The van der Waals surface area contributed by atoms with Gasteiger partial charge >= 0.3 is 12.4 Å². The molecule has 0 saturated heterocycles. The van der Waals surface area contributed by atoms with E-state index in [0.29, 0.717) is 21.7 Å². The lowest BCUT2D eigenvalue weighted by molar-refractivity contribution is -0.338. The van der Waals surface area contributed by atoms with Crippen LogP contribution in [0.1, 0.15) is 18.0 Å². The summed E-state index contributed by atoms with van der Waals surface area (Å²) in [4.78, 5) is 0. The van der Waals surface area contributed by atoms with Crippen molar-refractivity contribution < 1.29 is 31.4 Å². The minimum Gasteiger partial charge on any atom is -0.369 e. The van der Waals surface area contributed by atoms with Crippen molar-refractivity contribution in [2.75, 3.05) is 5.01 Å². The second kappa shape index (κ2) is 9.04. The fourth-order valence-corrected chi connectivity index (χ4v) is 4.38. The Labute approximate surface area is 206 Å². The third-order valence-corrected chi connectivity index (χ3v) is 6.38. The molecular weight excluding hydrogens is 517 g/mol. The topological polar surface area (TPSA) is 35.8 Å². The van der Waals surface area contributed by atoms with E-state index in [1.54, 1.807) is 54.6 Å². The largest absolute Gasteiger partial charge is 0.431 e. The van der Waals surface area contributed by atoms with E-state index >= 15 is 0 Å². The molecule has 11 heteroatoms. The van der Waals surface area contributed by atoms with E-state index in [9.17, 15) is 31.4 Å². The van der Waals surface area contributed by atoms with Crippen molar-refractivity contribution in [1.82, 2.24) is 0 Å². The van der Waals surface area contributed by atoms with Crippen LogP contribution in [0.5, 0.6) is 0 Å². The van der Waals surface area contributed by atoms with Crippen LogP contribution in [0.3, 0.4) is 0 Å². The number of halogens is 8. The highest BCUT2D eigenvalue weighted by molar-refractivity contribution is 6.33. The van der Waals surface area contributed by atoms with Crippen LogP contribution < -0.4 is 5.01 Å². The molecule has 1 unspecified atom stereocenters. The van der Waals surface area contributed by atoms with Crippen molar-refractivity contribution in [3.05, 3.63) is 88.4 Å². The van der Waals surface area contributed by atoms with Crippen molar-refractivity contribution in [1.29, 1.82) is 0 Å². The maximum absolute atomic E-state index is 13.6. The highest BCUT2D eigenvalue weighted by Gasteiger charge is 2.74. The summed E-state index contributed by atoms with van der Waals surface area (Å²) < 4.78 is 81.4. The first-order valence-electron chi connectivity index (χ1n) is 10.2. The molecule has 184 valence electrons. The van der Waals surface area contributed by atoms with Gasteiger partial charge in [-0.25, -0.2) is 0 Å². The Morgan fingerprint density at radius 3 is 1.86 bits per heavy atom. The number of para-hydroxylation sites is 1. The molecule has 3 aromatic rings. The molecule has 35 heavy (non-hydrogen) atoms. The van der Waals surface area contributed by atoms with Gasteiger partial charge in [0.25, 0.3) is 5.60 Å². The molecule has 3 aromatic carbocycles. The minimum atomic E-state index is -6.04. The molecule has 0 spiro atoms. The van der Waals surface area contributed by atoms with E-state index in [0.717, 1.165) is 5.01 Å². The van der Waals surface area contributed by atoms with E-state index in [2.05, 4.69) is 5.10 Å². The molecule has 1 aliphatic heterocycles. The van der Waals surface area contributed by atoms with Gasteiger partial charge in [-0.05, 0) is 29.3 Å². The molecule has 0 amide bonds. The molecule has 0 fully saturated rings. The maximum atomic E-state index is 13.6. The highest BCUT2D eigenvalue weighted by atomic mass is 35.5. The lowest BCUT2D eigenvalue weighted by Gasteiger charge is -2.32. The summed E-state index contributed by atoms with van der Waals surface area (Å²) in [6.45, 7) is 0. The zero-order valence-electron chi connectivity index (χ0n) is 17.6. The Balaban J connectivity index is 1.80. The minimum absolute atomic E-state index is 0.0674. The Hall–Kier alpha value is -2.75. The second-order valence-electron chi connectivity index (χ2n) is 7.87. The van der Waals surface area contributed by atoms with E-state index in [-0.39, 0.29) is 10.7 Å². The zero-order valence-corrected chi connectivity index (χ0v) is 19.1. The van der Waals surface area contributed by atoms with E-state index in [4.69, 9.17) is 23.2 Å². The number of aliphatic hydroxyl groups is 1. The number of rotatable bonds is 4. The quantitative estimate of drug-likeness (QED) is 0.347. The fraction of sp³-hybridized carbons (Fsp3) is 0.208. The molecule has 1 heterocycles. The van der Waals surface area contributed by atoms with Crippen LogP contribution in [0.15, 0.2) is 77.9 Å². The molecule has 1 aliphatic rings. The number of benzene rings is 3. The summed E-state index contributed by atoms with van der Waals surface area (Å²) in [6.07, 6.45) is -12.9. The van der Waals surface area contributed by atoms with Gasteiger partial charge in [0, 0.05) is 17.0 Å². The summed E-state index contributed by atoms with van der Waals surface area (Å²) >= 11 is 12.4. The Morgan fingerprint density at radius 2 is 1.31 bits per heavy atom. The normalized spacial score (nSPS) is 17.0. The van der Waals surface area contributed by atoms with Crippen molar-refractivity contribution in [3.8, 4) is 11.1 Å². The van der Waals surface area contributed by atoms with Crippen LogP contribution in [0, 0.1) is 0 Å². The summed E-state index contributed by atoms with van der Waals surface area (Å²) in [6, 6.07) is 18.3. The van der Waals surface area contributed by atoms with Crippen LogP contribution >= 0.6 is 23.2 Å². The first-order chi connectivity index (χ1) is 16.3. The number of anilines is 1. The number of hydrogen-bond donors (Lipinski definition) is 1. The molecule has 4 rings (SSSR count). The first kappa shape index (κ1) is 25.3. The van der Waals surface area contributed by atoms with Gasteiger partial charge in [-0.15, -0.1) is 0 Å². The second-order valence-corrected chi connectivity index (χ2v) is 8.68. The average molecular weight is 533 g/mol. The molecule has 0 radical (unpaired) electrons. The van der Waals surface area contributed by atoms with Gasteiger partial charge in [0.15, 0.2) is 0 Å². The summed E-state index contributed by atoms with van der Waals surface area (Å²) in [5, 5.41) is 15.1. The standard InChI is InChI=1S/C24H16Cl2F6N2O/c25-17-6-2-1-5-16(17)14-9-11-15(12-10-14)20-13-21(22(35,23(27,28)29)24(30,31)32)33-34(20)19-8-4-3-7-18(19)26/h1-12,20,35H,13H2. The lowest BCUT2D eigenvalue weighted by Crippen LogP contribution is -2.62. The van der Waals surface area contributed by atoms with E-state index in [1.807, 2.05) is 0 Å². The Bertz CT molecular complexity index is 1240. The van der Waals surface area contributed by atoms with Gasteiger partial charge < -0.3 is 5.11 Å². The Kier molecular flexibility index (Phi) is 6.54. The van der Waals surface area contributed by atoms with Gasteiger partial charge in [-0.2, -0.15) is 31.4 Å². The predicted octanol–water partition coefficient (Wildman–Crippen LogP) is 7.82. The van der Waals surface area contributed by atoms with Gasteiger partial charge in [-0.1, -0.05) is 77.8 Å². The smallest absolute Gasteiger partial charge is 0.369 e. The van der Waals surface area contributed by atoms with Crippen LogP contribution in [-0.2, 0) is 0 Å². The number of hydrazone groups is 1. The highest BCUT2D eigenvalue weighted by Crippen LogP contribution is 2.49. The SMILES string of the molecule is OC(C1=NN(c2ccccc2Cl)C(c2ccc(-c3ccccc3Cl)cc2)C1)(C(F)(F)F)C(F)(F)F. The fourth-order valence-electron chi connectivity index (χ4n) is 3.92. The Morgan fingerprint density at radius 1 is 0.771 bits per heavy atom. The molecule has 1 atom stereocenters. The van der Waals surface area contributed by atoms with Crippen molar-refractivity contribution in [2.45, 2.75) is 30.4 Å². The monoisotopic (exact) mass is 532 g/mol. The van der Waals surface area contributed by atoms with Crippen LogP contribution in [0.25, 0.3) is 11.1 Å².